The van der Waals surface area contributed by atoms with Crippen LogP contribution in [-0.2, 0) is 4.74 Å². The van der Waals surface area contributed by atoms with Crippen LogP contribution in [0, 0.1) is 13.8 Å². The predicted molar refractivity (Wildman–Crippen MR) is 103 cm³/mol. The van der Waals surface area contributed by atoms with E-state index in [0.717, 1.165) is 10.4 Å². The standard InChI is InChI=1S/C16H17ClN2O3S2/c1-8-9(2)24-14(13(8)15(20)22-4)19-16(23)18-11-7-10(17)5-6-12(11)21-3/h5-7H,1-4H3,(H2,18,19,23). The summed E-state index contributed by atoms with van der Waals surface area (Å²) >= 11 is 12.8. The molecule has 0 fully saturated rings. The van der Waals surface area contributed by atoms with Gasteiger partial charge in [0, 0.05) is 9.90 Å². The molecule has 2 aromatic rings. The molecule has 1 aromatic carbocycles. The molecule has 1 heterocycles. The van der Waals surface area contributed by atoms with Crippen LogP contribution in [0.25, 0.3) is 0 Å². The fraction of sp³-hybridized carbons (Fsp3) is 0.250. The number of rotatable bonds is 4. The van der Waals surface area contributed by atoms with Gasteiger partial charge in [0.25, 0.3) is 0 Å². The molecule has 0 amide bonds. The van der Waals surface area contributed by atoms with Gasteiger partial charge in [0.15, 0.2) is 5.11 Å². The highest BCUT2D eigenvalue weighted by Crippen LogP contribution is 2.33. The number of anilines is 2. The average Bonchev–Trinajstić information content (AvgIpc) is 2.81. The van der Waals surface area contributed by atoms with Gasteiger partial charge in [-0.15, -0.1) is 11.3 Å². The second-order valence-electron chi connectivity index (χ2n) is 4.90. The minimum Gasteiger partial charge on any atom is -0.495 e. The number of hydrogen-bond acceptors (Lipinski definition) is 5. The normalized spacial score (nSPS) is 10.2. The molecule has 0 aliphatic heterocycles. The summed E-state index contributed by atoms with van der Waals surface area (Å²) in [6.07, 6.45) is 0. The summed E-state index contributed by atoms with van der Waals surface area (Å²) in [4.78, 5) is 13.0. The molecule has 0 saturated heterocycles. The first-order chi connectivity index (χ1) is 11.4. The molecule has 0 atom stereocenters. The maximum Gasteiger partial charge on any atom is 0.341 e. The van der Waals surface area contributed by atoms with Crippen molar-refractivity contribution in [3.63, 3.8) is 0 Å². The van der Waals surface area contributed by atoms with E-state index in [2.05, 4.69) is 10.6 Å². The highest BCUT2D eigenvalue weighted by atomic mass is 35.5. The lowest BCUT2D eigenvalue weighted by Crippen LogP contribution is -2.20. The Kier molecular flexibility index (Phi) is 6.04. The number of nitrogens with one attached hydrogen (secondary N) is 2. The number of esters is 1. The Bertz CT molecular complexity index is 790. The van der Waals surface area contributed by atoms with E-state index in [4.69, 9.17) is 33.3 Å². The van der Waals surface area contributed by atoms with Crippen LogP contribution in [0.1, 0.15) is 20.8 Å². The second kappa shape index (κ2) is 7.83. The monoisotopic (exact) mass is 384 g/mol. The van der Waals surface area contributed by atoms with Gasteiger partial charge in [-0.3, -0.25) is 0 Å². The highest BCUT2D eigenvalue weighted by molar-refractivity contribution is 7.80. The van der Waals surface area contributed by atoms with E-state index in [1.54, 1.807) is 25.3 Å². The molecular weight excluding hydrogens is 368 g/mol. The minimum absolute atomic E-state index is 0.321. The summed E-state index contributed by atoms with van der Waals surface area (Å²) in [5.41, 5.74) is 1.99. The molecule has 2 N–H and O–H groups in total. The summed E-state index contributed by atoms with van der Waals surface area (Å²) in [5.74, 6) is 0.206. The molecule has 0 bridgehead atoms. The van der Waals surface area contributed by atoms with Crippen molar-refractivity contribution < 1.29 is 14.3 Å². The van der Waals surface area contributed by atoms with Crippen LogP contribution in [0.5, 0.6) is 5.75 Å². The third kappa shape index (κ3) is 3.98. The first kappa shape index (κ1) is 18.5. The zero-order valence-electron chi connectivity index (χ0n) is 13.7. The molecule has 0 aliphatic carbocycles. The van der Waals surface area contributed by atoms with E-state index in [-0.39, 0.29) is 0 Å². The summed E-state index contributed by atoms with van der Waals surface area (Å²) in [5, 5.41) is 7.59. The van der Waals surface area contributed by atoms with Gasteiger partial charge in [0.2, 0.25) is 0 Å². The van der Waals surface area contributed by atoms with Crippen LogP contribution in [0.4, 0.5) is 10.7 Å². The van der Waals surface area contributed by atoms with E-state index < -0.39 is 5.97 Å². The number of methoxy groups -OCH3 is 2. The number of halogens is 1. The summed E-state index contributed by atoms with van der Waals surface area (Å²) in [7, 11) is 2.91. The van der Waals surface area contributed by atoms with Crippen molar-refractivity contribution in [3.05, 3.63) is 39.2 Å². The van der Waals surface area contributed by atoms with E-state index in [1.165, 1.54) is 18.4 Å². The van der Waals surface area contributed by atoms with Crippen LogP contribution < -0.4 is 15.4 Å². The fourth-order valence-electron chi connectivity index (χ4n) is 2.10. The van der Waals surface area contributed by atoms with Crippen molar-refractivity contribution in [2.75, 3.05) is 24.9 Å². The first-order valence-corrected chi connectivity index (χ1v) is 8.57. The molecule has 1 aromatic heterocycles. The van der Waals surface area contributed by atoms with E-state index in [1.807, 2.05) is 13.8 Å². The van der Waals surface area contributed by atoms with Crippen molar-refractivity contribution >= 4 is 56.9 Å². The number of carbonyl (C=O) groups excluding carboxylic acids is 1. The Morgan fingerprint density at radius 2 is 1.96 bits per heavy atom. The van der Waals surface area contributed by atoms with Gasteiger partial charge in [-0.25, -0.2) is 4.79 Å². The molecular formula is C16H17ClN2O3S2. The van der Waals surface area contributed by atoms with E-state index >= 15 is 0 Å². The smallest absolute Gasteiger partial charge is 0.341 e. The summed E-state index contributed by atoms with van der Waals surface area (Å²) < 4.78 is 10.1. The third-order valence-electron chi connectivity index (χ3n) is 3.41. The Labute approximate surface area is 154 Å². The molecule has 128 valence electrons. The zero-order chi connectivity index (χ0) is 17.9. The Balaban J connectivity index is 2.24. The molecule has 24 heavy (non-hydrogen) atoms. The number of thiocarbonyl (C=S) groups is 1. The van der Waals surface area contributed by atoms with Crippen LogP contribution >= 0.6 is 35.2 Å². The molecule has 8 heteroatoms. The Morgan fingerprint density at radius 3 is 2.58 bits per heavy atom. The number of thiophene rings is 1. The van der Waals surface area contributed by atoms with Gasteiger partial charge >= 0.3 is 5.97 Å². The van der Waals surface area contributed by atoms with Crippen LogP contribution in [-0.4, -0.2) is 25.3 Å². The number of carbonyl (C=O) groups is 1. The average molecular weight is 385 g/mol. The van der Waals surface area contributed by atoms with Gasteiger partial charge in [0.05, 0.1) is 25.5 Å². The Hall–Kier alpha value is -1.83. The lowest BCUT2D eigenvalue weighted by Gasteiger charge is -2.13. The fourth-order valence-corrected chi connectivity index (χ4v) is 3.60. The van der Waals surface area contributed by atoms with Crippen molar-refractivity contribution in [2.45, 2.75) is 13.8 Å². The largest absolute Gasteiger partial charge is 0.495 e. The molecule has 0 saturated carbocycles. The Morgan fingerprint density at radius 1 is 1.25 bits per heavy atom. The van der Waals surface area contributed by atoms with Crippen molar-refractivity contribution in [3.8, 4) is 5.75 Å². The molecule has 2 rings (SSSR count). The van der Waals surface area contributed by atoms with Gasteiger partial charge in [-0.2, -0.15) is 0 Å². The number of benzene rings is 1. The lowest BCUT2D eigenvalue weighted by atomic mass is 10.1. The highest BCUT2D eigenvalue weighted by Gasteiger charge is 2.21. The van der Waals surface area contributed by atoms with Crippen LogP contribution in [0.15, 0.2) is 18.2 Å². The van der Waals surface area contributed by atoms with E-state index in [0.29, 0.717) is 32.1 Å². The van der Waals surface area contributed by atoms with E-state index in [9.17, 15) is 4.79 Å². The number of aryl methyl sites for hydroxylation is 1. The van der Waals surface area contributed by atoms with Gasteiger partial charge in [0.1, 0.15) is 10.8 Å². The van der Waals surface area contributed by atoms with Crippen molar-refractivity contribution in [2.24, 2.45) is 0 Å². The zero-order valence-corrected chi connectivity index (χ0v) is 16.0. The minimum atomic E-state index is -0.400. The SMILES string of the molecule is COC(=O)c1c(NC(=S)Nc2cc(Cl)ccc2OC)sc(C)c1C. The molecule has 0 aliphatic rings. The van der Waals surface area contributed by atoms with Crippen molar-refractivity contribution in [1.29, 1.82) is 0 Å². The van der Waals surface area contributed by atoms with Gasteiger partial charge in [-0.05, 0) is 49.8 Å². The summed E-state index contributed by atoms with van der Waals surface area (Å²) in [6, 6.07) is 5.18. The summed E-state index contributed by atoms with van der Waals surface area (Å²) in [6.45, 7) is 3.81. The quantitative estimate of drug-likeness (QED) is 0.592. The van der Waals surface area contributed by atoms with Crippen LogP contribution in [0.3, 0.4) is 0 Å². The maximum absolute atomic E-state index is 12.0. The topological polar surface area (TPSA) is 59.6 Å². The molecule has 5 nitrogen and oxygen atoms in total. The molecule has 0 radical (unpaired) electrons. The van der Waals surface area contributed by atoms with Crippen molar-refractivity contribution in [1.82, 2.24) is 0 Å². The predicted octanol–water partition coefficient (Wildman–Crippen LogP) is 4.62. The van der Waals surface area contributed by atoms with Gasteiger partial charge < -0.3 is 20.1 Å². The second-order valence-corrected chi connectivity index (χ2v) is 6.97. The molecule has 0 spiro atoms. The third-order valence-corrected chi connectivity index (χ3v) is 4.97. The lowest BCUT2D eigenvalue weighted by molar-refractivity contribution is 0.0601. The number of hydrogen-bond donors (Lipinski definition) is 2. The first-order valence-electron chi connectivity index (χ1n) is 6.97. The maximum atomic E-state index is 12.0. The molecule has 0 unspecified atom stereocenters. The van der Waals surface area contributed by atoms with Gasteiger partial charge in [-0.1, -0.05) is 11.6 Å². The number of ether oxygens (including phenoxy) is 2. The van der Waals surface area contributed by atoms with Crippen LogP contribution in [0.2, 0.25) is 5.02 Å².